The van der Waals surface area contributed by atoms with Gasteiger partial charge in [-0.15, -0.1) is 0 Å². The molecule has 2 aromatic carbocycles. The van der Waals surface area contributed by atoms with Crippen LogP contribution in [0.15, 0.2) is 48.5 Å². The normalized spacial score (nSPS) is 13.2. The van der Waals surface area contributed by atoms with E-state index in [-0.39, 0.29) is 6.03 Å². The fourth-order valence-electron chi connectivity index (χ4n) is 2.39. The lowest BCUT2D eigenvalue weighted by molar-refractivity contribution is 0.212. The fourth-order valence-corrected chi connectivity index (χ4v) is 2.39. The van der Waals surface area contributed by atoms with E-state index in [1.807, 2.05) is 35.2 Å². The van der Waals surface area contributed by atoms with Crippen LogP contribution < -0.4 is 5.32 Å². The van der Waals surface area contributed by atoms with Crippen LogP contribution in [0.1, 0.15) is 16.7 Å². The largest absolute Gasteiger partial charge is 0.322 e. The van der Waals surface area contributed by atoms with E-state index in [4.69, 9.17) is 0 Å². The first-order valence-electron chi connectivity index (χ1n) is 6.42. The van der Waals surface area contributed by atoms with Gasteiger partial charge in [0.1, 0.15) is 0 Å². The summed E-state index contributed by atoms with van der Waals surface area (Å²) in [5.74, 6) is 0. The van der Waals surface area contributed by atoms with Crippen LogP contribution in [0.5, 0.6) is 0 Å². The number of carbonyl (C=O) groups is 1. The molecule has 0 aromatic heterocycles. The van der Waals surface area contributed by atoms with Crippen LogP contribution in [0.4, 0.5) is 10.5 Å². The second-order valence-electron chi connectivity index (χ2n) is 4.92. The van der Waals surface area contributed by atoms with Crippen molar-refractivity contribution in [3.05, 3.63) is 65.2 Å². The molecule has 19 heavy (non-hydrogen) atoms. The van der Waals surface area contributed by atoms with E-state index in [0.717, 1.165) is 5.69 Å². The maximum atomic E-state index is 12.2. The molecule has 3 heteroatoms. The van der Waals surface area contributed by atoms with Crippen LogP contribution in [0.3, 0.4) is 0 Å². The highest BCUT2D eigenvalue weighted by molar-refractivity contribution is 5.89. The van der Waals surface area contributed by atoms with Crippen LogP contribution >= 0.6 is 0 Å². The number of aryl methyl sites for hydroxylation is 1. The van der Waals surface area contributed by atoms with Crippen LogP contribution in [-0.4, -0.2) is 10.9 Å². The average Bonchev–Trinajstić information content (AvgIpc) is 2.83. The summed E-state index contributed by atoms with van der Waals surface area (Å²) in [6.45, 7) is 3.46. The topological polar surface area (TPSA) is 32.3 Å². The highest BCUT2D eigenvalue weighted by atomic mass is 16.2. The van der Waals surface area contributed by atoms with Gasteiger partial charge in [0.05, 0.1) is 0 Å². The lowest BCUT2D eigenvalue weighted by atomic mass is 10.1. The first kappa shape index (κ1) is 11.8. The van der Waals surface area contributed by atoms with Crippen molar-refractivity contribution in [2.45, 2.75) is 20.0 Å². The Labute approximate surface area is 112 Å². The smallest absolute Gasteiger partial charge is 0.316 e. The van der Waals surface area contributed by atoms with Crippen molar-refractivity contribution in [2.24, 2.45) is 0 Å². The molecule has 3 nitrogen and oxygen atoms in total. The van der Waals surface area contributed by atoms with E-state index in [1.54, 1.807) is 0 Å². The van der Waals surface area contributed by atoms with Crippen molar-refractivity contribution < 1.29 is 4.79 Å². The number of benzene rings is 2. The van der Waals surface area contributed by atoms with Gasteiger partial charge in [0.15, 0.2) is 0 Å². The van der Waals surface area contributed by atoms with Gasteiger partial charge in [0, 0.05) is 18.8 Å². The number of carbonyl (C=O) groups excluding carboxylic acids is 1. The number of hydrogen-bond acceptors (Lipinski definition) is 1. The van der Waals surface area contributed by atoms with Crippen LogP contribution in [0.2, 0.25) is 0 Å². The Morgan fingerprint density at radius 1 is 1.05 bits per heavy atom. The first-order chi connectivity index (χ1) is 9.22. The number of fused-ring (bicyclic) bond motifs is 1. The van der Waals surface area contributed by atoms with Crippen LogP contribution in [-0.2, 0) is 13.1 Å². The molecule has 3 rings (SSSR count). The molecule has 1 heterocycles. The molecular formula is C16H16N2O. The molecule has 0 atom stereocenters. The highest BCUT2D eigenvalue weighted by Crippen LogP contribution is 2.24. The third kappa shape index (κ3) is 2.45. The standard InChI is InChI=1S/C16H16N2O/c1-12-7-8-13-10-18(11-14(13)9-12)16(19)17-15-5-3-2-4-6-15/h2-9H,10-11H2,1H3,(H,17,19). The van der Waals surface area contributed by atoms with E-state index in [2.05, 4.69) is 30.4 Å². The minimum absolute atomic E-state index is 0.0416. The Morgan fingerprint density at radius 3 is 2.58 bits per heavy atom. The van der Waals surface area contributed by atoms with Gasteiger partial charge < -0.3 is 10.2 Å². The minimum Gasteiger partial charge on any atom is -0.316 e. The number of para-hydroxylation sites is 1. The Bertz CT molecular complexity index is 607. The van der Waals surface area contributed by atoms with Crippen molar-refractivity contribution in [1.29, 1.82) is 0 Å². The predicted molar refractivity (Wildman–Crippen MR) is 75.9 cm³/mol. The van der Waals surface area contributed by atoms with Gasteiger partial charge in [0.2, 0.25) is 0 Å². The van der Waals surface area contributed by atoms with E-state index in [0.29, 0.717) is 13.1 Å². The summed E-state index contributed by atoms with van der Waals surface area (Å²) in [6, 6.07) is 15.9. The molecule has 0 fully saturated rings. The van der Waals surface area contributed by atoms with Crippen molar-refractivity contribution in [1.82, 2.24) is 4.90 Å². The van der Waals surface area contributed by atoms with E-state index < -0.39 is 0 Å². The molecule has 0 unspecified atom stereocenters. The Balaban J connectivity index is 1.71. The third-order valence-corrected chi connectivity index (χ3v) is 3.40. The van der Waals surface area contributed by atoms with Gasteiger partial charge in [-0.1, -0.05) is 42.0 Å². The minimum atomic E-state index is -0.0416. The number of nitrogens with zero attached hydrogens (tertiary/aromatic N) is 1. The summed E-state index contributed by atoms with van der Waals surface area (Å²) < 4.78 is 0. The first-order valence-corrected chi connectivity index (χ1v) is 6.42. The van der Waals surface area contributed by atoms with Crippen LogP contribution in [0.25, 0.3) is 0 Å². The second-order valence-corrected chi connectivity index (χ2v) is 4.92. The van der Waals surface area contributed by atoms with Gasteiger partial charge in [-0.3, -0.25) is 0 Å². The van der Waals surface area contributed by atoms with Crippen molar-refractivity contribution >= 4 is 11.7 Å². The summed E-state index contributed by atoms with van der Waals surface area (Å²) >= 11 is 0. The van der Waals surface area contributed by atoms with E-state index >= 15 is 0 Å². The summed E-state index contributed by atoms with van der Waals surface area (Å²) in [4.78, 5) is 14.0. The molecule has 0 aliphatic carbocycles. The summed E-state index contributed by atoms with van der Waals surface area (Å²) in [7, 11) is 0. The molecule has 1 N–H and O–H groups in total. The number of hydrogen-bond donors (Lipinski definition) is 1. The maximum absolute atomic E-state index is 12.2. The molecule has 2 amide bonds. The number of amides is 2. The molecule has 2 aromatic rings. The Kier molecular flexibility index (Phi) is 2.95. The quantitative estimate of drug-likeness (QED) is 0.827. The molecular weight excluding hydrogens is 236 g/mol. The molecule has 0 saturated carbocycles. The molecule has 96 valence electrons. The number of nitrogens with one attached hydrogen (secondary N) is 1. The second kappa shape index (κ2) is 4.76. The predicted octanol–water partition coefficient (Wildman–Crippen LogP) is 3.54. The number of rotatable bonds is 1. The van der Waals surface area contributed by atoms with Gasteiger partial charge in [0.25, 0.3) is 0 Å². The van der Waals surface area contributed by atoms with Gasteiger partial charge in [-0.25, -0.2) is 4.79 Å². The zero-order chi connectivity index (χ0) is 13.2. The number of anilines is 1. The van der Waals surface area contributed by atoms with Crippen molar-refractivity contribution in [3.8, 4) is 0 Å². The number of urea groups is 1. The van der Waals surface area contributed by atoms with Crippen molar-refractivity contribution in [2.75, 3.05) is 5.32 Å². The van der Waals surface area contributed by atoms with Gasteiger partial charge in [-0.05, 0) is 30.2 Å². The maximum Gasteiger partial charge on any atom is 0.322 e. The Morgan fingerprint density at radius 2 is 1.79 bits per heavy atom. The molecule has 1 aliphatic rings. The fraction of sp³-hybridized carbons (Fsp3) is 0.188. The van der Waals surface area contributed by atoms with Gasteiger partial charge in [-0.2, -0.15) is 0 Å². The monoisotopic (exact) mass is 252 g/mol. The molecule has 1 aliphatic heterocycles. The van der Waals surface area contributed by atoms with E-state index in [9.17, 15) is 4.79 Å². The zero-order valence-corrected chi connectivity index (χ0v) is 10.9. The molecule has 0 saturated heterocycles. The lowest BCUT2D eigenvalue weighted by Crippen LogP contribution is -2.30. The zero-order valence-electron chi connectivity index (χ0n) is 10.9. The molecule has 0 bridgehead atoms. The summed E-state index contributed by atoms with van der Waals surface area (Å²) in [5.41, 5.74) is 4.57. The lowest BCUT2D eigenvalue weighted by Gasteiger charge is -2.16. The van der Waals surface area contributed by atoms with E-state index in [1.165, 1.54) is 16.7 Å². The SMILES string of the molecule is Cc1ccc2c(c1)CN(C(=O)Nc1ccccc1)C2. The summed E-state index contributed by atoms with van der Waals surface area (Å²) in [5, 5.41) is 2.92. The Hall–Kier alpha value is -2.29. The third-order valence-electron chi connectivity index (χ3n) is 3.40. The van der Waals surface area contributed by atoms with Gasteiger partial charge >= 0.3 is 6.03 Å². The summed E-state index contributed by atoms with van der Waals surface area (Å²) in [6.07, 6.45) is 0. The average molecular weight is 252 g/mol. The molecule has 0 spiro atoms. The van der Waals surface area contributed by atoms with Crippen molar-refractivity contribution in [3.63, 3.8) is 0 Å². The highest BCUT2D eigenvalue weighted by Gasteiger charge is 2.23. The van der Waals surface area contributed by atoms with Crippen LogP contribution in [0, 0.1) is 6.92 Å². The molecule has 0 radical (unpaired) electrons.